The maximum atomic E-state index is 12.1. The van der Waals surface area contributed by atoms with Crippen LogP contribution in [0.4, 0.5) is 5.69 Å². The van der Waals surface area contributed by atoms with Crippen molar-refractivity contribution in [2.45, 2.75) is 16.6 Å². The number of amides is 3. The van der Waals surface area contributed by atoms with Gasteiger partial charge >= 0.3 is 5.97 Å². The monoisotopic (exact) mass is 433 g/mol. The number of hydrogen-bond donors (Lipinski definition) is 3. The average molecular weight is 434 g/mol. The van der Waals surface area contributed by atoms with Gasteiger partial charge in [-0.2, -0.15) is 0 Å². The summed E-state index contributed by atoms with van der Waals surface area (Å²) in [6, 6.07) is 13.4. The smallest absolute Gasteiger partial charge is 0.307 e. The molecule has 0 spiro atoms. The molecule has 1 unspecified atom stereocenters. The number of nitrogens with one attached hydrogen (secondary N) is 3. The van der Waals surface area contributed by atoms with E-state index in [9.17, 15) is 19.2 Å². The number of benzene rings is 2. The molecule has 0 saturated carbocycles. The molecule has 0 aliphatic carbocycles. The van der Waals surface area contributed by atoms with Gasteiger partial charge in [0.05, 0.1) is 17.4 Å². The Morgan fingerprint density at radius 1 is 1.10 bits per heavy atom. The van der Waals surface area contributed by atoms with Crippen LogP contribution in [-0.4, -0.2) is 35.5 Å². The number of carbonyl (C=O) groups is 4. The van der Waals surface area contributed by atoms with Crippen molar-refractivity contribution in [1.82, 2.24) is 10.9 Å². The molecule has 1 atom stereocenters. The summed E-state index contributed by atoms with van der Waals surface area (Å²) < 4.78 is 4.88. The van der Waals surface area contributed by atoms with Crippen molar-refractivity contribution >= 4 is 52.7 Å². The number of esters is 1. The van der Waals surface area contributed by atoms with Gasteiger partial charge in [0.15, 0.2) is 6.61 Å². The van der Waals surface area contributed by atoms with E-state index in [4.69, 9.17) is 16.3 Å². The average Bonchev–Trinajstić information content (AvgIpc) is 2.72. The normalized spacial score (nSPS) is 14.9. The Labute approximate surface area is 175 Å². The topological polar surface area (TPSA) is 114 Å². The first-order valence-corrected chi connectivity index (χ1v) is 9.75. The van der Waals surface area contributed by atoms with Crippen LogP contribution >= 0.6 is 23.4 Å². The molecule has 1 aliphatic rings. The number of hydrazine groups is 1. The number of rotatable bonds is 5. The van der Waals surface area contributed by atoms with Crippen molar-refractivity contribution in [3.05, 3.63) is 59.1 Å². The van der Waals surface area contributed by atoms with E-state index >= 15 is 0 Å². The Balaban J connectivity index is 1.42. The van der Waals surface area contributed by atoms with Crippen molar-refractivity contribution < 1.29 is 23.9 Å². The Kier molecular flexibility index (Phi) is 6.73. The zero-order valence-corrected chi connectivity index (χ0v) is 16.5. The Morgan fingerprint density at radius 2 is 1.86 bits per heavy atom. The molecular formula is C19H16ClN3O5S. The largest absolute Gasteiger partial charge is 0.455 e. The predicted octanol–water partition coefficient (Wildman–Crippen LogP) is 2.15. The van der Waals surface area contributed by atoms with Crippen LogP contribution in [-0.2, 0) is 19.1 Å². The minimum Gasteiger partial charge on any atom is -0.455 e. The summed E-state index contributed by atoms with van der Waals surface area (Å²) in [7, 11) is 0. The summed E-state index contributed by atoms with van der Waals surface area (Å²) in [5.41, 5.74) is 5.33. The van der Waals surface area contributed by atoms with E-state index in [1.165, 1.54) is 11.8 Å². The molecular weight excluding hydrogens is 418 g/mol. The maximum absolute atomic E-state index is 12.1. The van der Waals surface area contributed by atoms with Gasteiger partial charge < -0.3 is 10.1 Å². The fourth-order valence-corrected chi connectivity index (χ4v) is 3.69. The summed E-state index contributed by atoms with van der Waals surface area (Å²) in [5, 5.41) is 2.50. The number of ether oxygens (including phenoxy) is 1. The molecule has 0 saturated heterocycles. The van der Waals surface area contributed by atoms with Crippen molar-refractivity contribution in [2.24, 2.45) is 0 Å². The molecule has 3 rings (SSSR count). The van der Waals surface area contributed by atoms with Gasteiger partial charge in [-0.1, -0.05) is 29.8 Å². The summed E-state index contributed by atoms with van der Waals surface area (Å²) >= 11 is 7.12. The Bertz CT molecular complexity index is 954. The van der Waals surface area contributed by atoms with E-state index in [1.54, 1.807) is 48.5 Å². The minimum absolute atomic E-state index is 0.206. The molecule has 29 heavy (non-hydrogen) atoms. The number of fused-ring (bicyclic) bond motifs is 1. The van der Waals surface area contributed by atoms with Crippen LogP contribution < -0.4 is 16.2 Å². The number of carbonyl (C=O) groups excluding carboxylic acids is 4. The van der Waals surface area contributed by atoms with Crippen molar-refractivity contribution in [3.63, 3.8) is 0 Å². The first-order valence-electron chi connectivity index (χ1n) is 8.49. The second-order valence-electron chi connectivity index (χ2n) is 5.97. The zero-order chi connectivity index (χ0) is 20.8. The van der Waals surface area contributed by atoms with Crippen LogP contribution in [0.25, 0.3) is 0 Å². The molecule has 2 aromatic rings. The van der Waals surface area contributed by atoms with Crippen LogP contribution in [0.5, 0.6) is 0 Å². The number of anilines is 1. The molecule has 1 aliphatic heterocycles. The number of hydrogen-bond acceptors (Lipinski definition) is 6. The van der Waals surface area contributed by atoms with Gasteiger partial charge in [0, 0.05) is 15.5 Å². The van der Waals surface area contributed by atoms with Crippen LogP contribution in [0.15, 0.2) is 53.4 Å². The number of thioether (sulfide) groups is 1. The summed E-state index contributed by atoms with van der Waals surface area (Å²) in [6.07, 6.45) is -0.206. The van der Waals surface area contributed by atoms with E-state index in [2.05, 4.69) is 16.2 Å². The van der Waals surface area contributed by atoms with Crippen molar-refractivity contribution in [1.29, 1.82) is 0 Å². The third-order valence-electron chi connectivity index (χ3n) is 3.83. The highest BCUT2D eigenvalue weighted by atomic mass is 35.5. The number of halogens is 1. The molecule has 3 N–H and O–H groups in total. The van der Waals surface area contributed by atoms with Gasteiger partial charge in [0.25, 0.3) is 11.8 Å². The molecule has 3 amide bonds. The lowest BCUT2D eigenvalue weighted by atomic mass is 10.2. The first kappa shape index (κ1) is 20.7. The van der Waals surface area contributed by atoms with Crippen LogP contribution in [0.1, 0.15) is 16.8 Å². The van der Waals surface area contributed by atoms with Crippen molar-refractivity contribution in [3.8, 4) is 0 Å². The molecule has 1 heterocycles. The van der Waals surface area contributed by atoms with Gasteiger partial charge in [-0.05, 0) is 30.3 Å². The fourth-order valence-electron chi connectivity index (χ4n) is 2.44. The molecule has 2 aromatic carbocycles. The molecule has 10 heteroatoms. The predicted molar refractivity (Wildman–Crippen MR) is 107 cm³/mol. The summed E-state index contributed by atoms with van der Waals surface area (Å²) in [5.74, 6) is -2.26. The van der Waals surface area contributed by atoms with Crippen LogP contribution in [0, 0.1) is 0 Å². The minimum atomic E-state index is -0.709. The highest BCUT2D eigenvalue weighted by molar-refractivity contribution is 8.01. The third kappa shape index (κ3) is 5.72. The second-order valence-corrected chi connectivity index (χ2v) is 7.65. The summed E-state index contributed by atoms with van der Waals surface area (Å²) in [4.78, 5) is 48.5. The molecule has 0 aromatic heterocycles. The van der Waals surface area contributed by atoms with E-state index < -0.39 is 29.6 Å². The first-order chi connectivity index (χ1) is 13.9. The highest BCUT2D eigenvalue weighted by Gasteiger charge is 2.29. The maximum Gasteiger partial charge on any atom is 0.307 e. The lowest BCUT2D eigenvalue weighted by Gasteiger charge is -2.23. The zero-order valence-electron chi connectivity index (χ0n) is 14.9. The highest BCUT2D eigenvalue weighted by Crippen LogP contribution is 2.38. The Morgan fingerprint density at radius 3 is 2.62 bits per heavy atom. The molecule has 150 valence electrons. The molecule has 8 nitrogen and oxygen atoms in total. The van der Waals surface area contributed by atoms with Crippen LogP contribution in [0.3, 0.4) is 0 Å². The molecule has 0 radical (unpaired) electrons. The standard InChI is InChI=1S/C19H16ClN3O5S/c20-12-6-7-14-13(8-12)21-19(27)15(29-14)9-17(25)28-10-16(24)22-23-18(26)11-4-2-1-3-5-11/h1-8,15H,9-10H2,(H,21,27)(H,22,24)(H,23,26). The van der Waals surface area contributed by atoms with E-state index in [0.717, 1.165) is 4.90 Å². The lowest BCUT2D eigenvalue weighted by Crippen LogP contribution is -2.43. The SMILES string of the molecule is O=C(COC(=O)CC1Sc2ccc(Cl)cc2NC1=O)NNC(=O)c1ccccc1. The lowest BCUT2D eigenvalue weighted by molar-refractivity contribution is -0.149. The third-order valence-corrected chi connectivity index (χ3v) is 5.34. The van der Waals surface area contributed by atoms with Gasteiger partial charge in [-0.3, -0.25) is 30.0 Å². The Hall–Kier alpha value is -3.04. The van der Waals surface area contributed by atoms with E-state index in [-0.39, 0.29) is 12.3 Å². The molecule has 0 fully saturated rings. The van der Waals surface area contributed by atoms with Crippen LogP contribution in [0.2, 0.25) is 5.02 Å². The van der Waals surface area contributed by atoms with Gasteiger partial charge in [0.1, 0.15) is 0 Å². The summed E-state index contributed by atoms with van der Waals surface area (Å²) in [6.45, 7) is -0.584. The van der Waals surface area contributed by atoms with Gasteiger partial charge in [-0.25, -0.2) is 0 Å². The molecule has 0 bridgehead atoms. The second kappa shape index (κ2) is 9.44. The van der Waals surface area contributed by atoms with E-state index in [1.807, 2.05) is 0 Å². The fraction of sp³-hybridized carbons (Fsp3) is 0.158. The van der Waals surface area contributed by atoms with Gasteiger partial charge in [-0.15, -0.1) is 11.8 Å². The quantitative estimate of drug-likeness (QED) is 0.492. The van der Waals surface area contributed by atoms with Crippen molar-refractivity contribution in [2.75, 3.05) is 11.9 Å². The van der Waals surface area contributed by atoms with Gasteiger partial charge in [0.2, 0.25) is 5.91 Å². The van der Waals surface area contributed by atoms with E-state index in [0.29, 0.717) is 16.3 Å².